The molecular weight excluding hydrogens is 315 g/mol. The van der Waals surface area contributed by atoms with Crippen molar-refractivity contribution in [1.82, 2.24) is 0 Å². The Balaban J connectivity index is 3.35. The van der Waals surface area contributed by atoms with E-state index in [1.54, 1.807) is 0 Å². The Morgan fingerprint density at radius 1 is 0.875 bits per heavy atom. The molecule has 16 heavy (non-hydrogen) atoms. The van der Waals surface area contributed by atoms with Gasteiger partial charge in [-0.1, -0.05) is 23.2 Å². The van der Waals surface area contributed by atoms with Gasteiger partial charge in [-0.25, -0.2) is 4.39 Å². The molecule has 0 aliphatic carbocycles. The summed E-state index contributed by atoms with van der Waals surface area (Å²) in [6.45, 7) is 0. The zero-order chi connectivity index (χ0) is 13.2. The van der Waals surface area contributed by atoms with Crippen LogP contribution in [0.3, 0.4) is 0 Å². The molecule has 0 aromatic carbocycles. The van der Waals surface area contributed by atoms with Gasteiger partial charge in [0.15, 0.2) is 0 Å². The predicted molar refractivity (Wildman–Crippen MR) is 40.1 cm³/mol. The Kier molecular flexibility index (Phi) is 2.89. The van der Waals surface area contributed by atoms with Gasteiger partial charge < -0.3 is 0 Å². The van der Waals surface area contributed by atoms with Crippen molar-refractivity contribution >= 4 is 34.8 Å². The van der Waals surface area contributed by atoms with Crippen molar-refractivity contribution in [3.8, 4) is 0 Å². The van der Waals surface area contributed by atoms with E-state index in [1.807, 2.05) is 0 Å². The lowest BCUT2D eigenvalue weighted by Crippen LogP contribution is -2.84. The monoisotopic (exact) mass is 314 g/mol. The second-order valence-corrected chi connectivity index (χ2v) is 4.58. The number of halogens is 10. The highest BCUT2D eigenvalue weighted by molar-refractivity contribution is 6.48. The highest BCUT2D eigenvalue weighted by Crippen LogP contribution is 2.69. The summed E-state index contributed by atoms with van der Waals surface area (Å²) in [5, 5.41) is -5.25. The molecule has 1 saturated heterocycles. The van der Waals surface area contributed by atoms with Gasteiger partial charge in [0.05, 0.1) is 0 Å². The molecule has 1 atom stereocenters. The first-order valence-electron chi connectivity index (χ1n) is 3.30. The highest BCUT2D eigenvalue weighted by Gasteiger charge is 2.96. The first-order chi connectivity index (χ1) is 6.71. The van der Waals surface area contributed by atoms with Crippen LogP contribution in [0, 0.1) is 0 Å². The van der Waals surface area contributed by atoms with E-state index in [0.717, 1.165) is 0 Å². The van der Waals surface area contributed by atoms with Gasteiger partial charge in [-0.3, -0.25) is 4.74 Å². The Hall–Kier alpha value is 0.340. The molecule has 1 nitrogen and oxygen atoms in total. The second-order valence-electron chi connectivity index (χ2n) is 2.87. The zero-order valence-corrected chi connectivity index (χ0v) is 8.96. The van der Waals surface area contributed by atoms with Crippen LogP contribution in [0.1, 0.15) is 0 Å². The Bertz CT molecular complexity index is 292. The molecule has 0 aromatic heterocycles. The fourth-order valence-corrected chi connectivity index (χ4v) is 2.05. The number of rotatable bonds is 2. The molecule has 11 heteroatoms. The van der Waals surface area contributed by atoms with Gasteiger partial charge >= 0.3 is 17.4 Å². The van der Waals surface area contributed by atoms with Crippen LogP contribution in [0.4, 0.5) is 30.7 Å². The van der Waals surface area contributed by atoms with Gasteiger partial charge in [0.25, 0.3) is 10.2 Å². The lowest BCUT2D eigenvalue weighted by molar-refractivity contribution is -0.545. The summed E-state index contributed by atoms with van der Waals surface area (Å²) in [5.74, 6) is -5.68. The fourth-order valence-electron chi connectivity index (χ4n) is 1.11. The highest BCUT2D eigenvalue weighted by atomic mass is 35.5. The number of ether oxygens (including phenoxy) is 1. The van der Waals surface area contributed by atoms with Gasteiger partial charge in [0, 0.05) is 0 Å². The minimum atomic E-state index is -5.68. The summed E-state index contributed by atoms with van der Waals surface area (Å²) in [4.78, 5) is 0. The van der Waals surface area contributed by atoms with Crippen LogP contribution in [-0.2, 0) is 4.74 Å². The predicted octanol–water partition coefficient (Wildman–Crippen LogP) is 3.92. The molecule has 96 valence electrons. The first kappa shape index (κ1) is 14.4. The topological polar surface area (TPSA) is 9.23 Å². The van der Waals surface area contributed by atoms with Crippen molar-refractivity contribution in [3.05, 3.63) is 0 Å². The summed E-state index contributed by atoms with van der Waals surface area (Å²) < 4.78 is 86.3. The van der Waals surface area contributed by atoms with Crippen LogP contribution in [0.15, 0.2) is 0 Å². The number of hydrogen-bond donors (Lipinski definition) is 0. The molecule has 1 heterocycles. The lowest BCUT2D eigenvalue weighted by atomic mass is 9.89. The summed E-state index contributed by atoms with van der Waals surface area (Å²) >= 11 is 12.9. The number of alkyl halides is 10. The molecule has 0 spiro atoms. The lowest BCUT2D eigenvalue weighted by Gasteiger charge is -2.55. The third-order valence-corrected chi connectivity index (χ3v) is 2.69. The average molecular weight is 315 g/mol. The molecule has 1 fully saturated rings. The van der Waals surface area contributed by atoms with Crippen LogP contribution >= 0.6 is 34.8 Å². The summed E-state index contributed by atoms with van der Waals surface area (Å²) in [6.07, 6.45) is -5.34. The van der Waals surface area contributed by atoms with Gasteiger partial charge in [-0.05, 0) is 11.6 Å². The summed E-state index contributed by atoms with van der Waals surface area (Å²) in [6, 6.07) is 0. The van der Waals surface area contributed by atoms with E-state index >= 15 is 0 Å². The van der Waals surface area contributed by atoms with Gasteiger partial charge in [-0.15, -0.1) is 0 Å². The molecule has 0 saturated carbocycles. The largest absolute Gasteiger partial charge is 0.424 e. The Morgan fingerprint density at radius 2 is 1.25 bits per heavy atom. The van der Waals surface area contributed by atoms with Gasteiger partial charge in [-0.2, -0.15) is 26.3 Å². The molecule has 0 N–H and O–H groups in total. The third-order valence-electron chi connectivity index (χ3n) is 1.89. The van der Waals surface area contributed by atoms with Crippen molar-refractivity contribution in [2.75, 3.05) is 0 Å². The SMILES string of the molecule is FC(F)(Cl)C1(C(F)(Cl)Cl)OC(F)(F)C1(F)F. The molecule has 1 unspecified atom stereocenters. The van der Waals surface area contributed by atoms with Crippen molar-refractivity contribution in [1.29, 1.82) is 0 Å². The van der Waals surface area contributed by atoms with E-state index in [0.29, 0.717) is 0 Å². The van der Waals surface area contributed by atoms with Crippen molar-refractivity contribution in [3.63, 3.8) is 0 Å². The maximum Gasteiger partial charge on any atom is 0.424 e. The molecule has 0 aromatic rings. The Morgan fingerprint density at radius 3 is 1.31 bits per heavy atom. The van der Waals surface area contributed by atoms with E-state index in [-0.39, 0.29) is 0 Å². The van der Waals surface area contributed by atoms with Crippen LogP contribution in [0.25, 0.3) is 0 Å². The standard InChI is InChI=1S/C5Cl3F7O/c6-3(7,11)1(4(8,12)13)2(9,10)5(14,15)16-1. The molecular formula is C5Cl3F7O. The quantitative estimate of drug-likeness (QED) is 0.554. The maximum absolute atomic E-state index is 12.9. The smallest absolute Gasteiger partial charge is 0.288 e. The summed E-state index contributed by atoms with van der Waals surface area (Å²) in [5.41, 5.74) is -4.86. The minimum Gasteiger partial charge on any atom is -0.288 e. The summed E-state index contributed by atoms with van der Waals surface area (Å²) in [7, 11) is 0. The molecule has 1 aliphatic heterocycles. The van der Waals surface area contributed by atoms with Crippen LogP contribution in [-0.4, -0.2) is 27.6 Å². The van der Waals surface area contributed by atoms with Crippen LogP contribution in [0.5, 0.6) is 0 Å². The molecule has 0 bridgehead atoms. The van der Waals surface area contributed by atoms with E-state index in [9.17, 15) is 30.7 Å². The van der Waals surface area contributed by atoms with E-state index in [4.69, 9.17) is 0 Å². The van der Waals surface area contributed by atoms with E-state index in [1.165, 1.54) is 0 Å². The Labute approximate surface area is 98.4 Å². The molecule has 0 radical (unpaired) electrons. The van der Waals surface area contributed by atoms with Crippen LogP contribution in [0.2, 0.25) is 0 Å². The second kappa shape index (κ2) is 3.21. The van der Waals surface area contributed by atoms with Crippen molar-refractivity contribution in [2.24, 2.45) is 0 Å². The van der Waals surface area contributed by atoms with Crippen molar-refractivity contribution in [2.45, 2.75) is 27.6 Å². The molecule has 0 amide bonds. The molecule has 1 rings (SSSR count). The third kappa shape index (κ3) is 1.42. The normalized spacial score (nSPS) is 33.4. The van der Waals surface area contributed by atoms with E-state index in [2.05, 4.69) is 39.5 Å². The van der Waals surface area contributed by atoms with E-state index < -0.39 is 27.6 Å². The number of hydrogen-bond acceptors (Lipinski definition) is 1. The van der Waals surface area contributed by atoms with Gasteiger partial charge in [0.2, 0.25) is 0 Å². The average Bonchev–Trinajstić information content (AvgIpc) is 1.94. The maximum atomic E-state index is 12.9. The molecule has 1 aliphatic rings. The fraction of sp³-hybridized carbons (Fsp3) is 1.00. The van der Waals surface area contributed by atoms with Gasteiger partial charge in [0.1, 0.15) is 0 Å². The minimum absolute atomic E-state index is 2.85. The van der Waals surface area contributed by atoms with Crippen LogP contribution < -0.4 is 0 Å². The zero-order valence-electron chi connectivity index (χ0n) is 6.69. The first-order valence-corrected chi connectivity index (χ1v) is 4.43. The van der Waals surface area contributed by atoms with Crippen molar-refractivity contribution < 1.29 is 35.5 Å².